The molecule has 1 atom stereocenters. The van der Waals surface area contributed by atoms with Crippen molar-refractivity contribution in [1.82, 2.24) is 9.38 Å². The van der Waals surface area contributed by atoms with Crippen molar-refractivity contribution in [3.63, 3.8) is 0 Å². The van der Waals surface area contributed by atoms with E-state index in [2.05, 4.69) is 11.9 Å². The molecule has 0 bridgehead atoms. The Balaban J connectivity index is 2.66. The van der Waals surface area contributed by atoms with Gasteiger partial charge in [-0.1, -0.05) is 18.5 Å². The van der Waals surface area contributed by atoms with Crippen molar-refractivity contribution in [2.45, 2.75) is 26.3 Å². The van der Waals surface area contributed by atoms with Crippen LogP contribution in [-0.2, 0) is 6.42 Å². The van der Waals surface area contributed by atoms with Crippen molar-refractivity contribution in [3.05, 3.63) is 34.9 Å². The minimum Gasteiger partial charge on any atom is -0.324 e. The zero-order valence-electron chi connectivity index (χ0n) is 8.87. The van der Waals surface area contributed by atoms with Crippen LogP contribution in [0.15, 0.2) is 18.3 Å². The average molecular weight is 224 g/mol. The molecule has 3 nitrogen and oxygen atoms in total. The molecular weight excluding hydrogens is 210 g/mol. The second-order valence-corrected chi connectivity index (χ2v) is 4.03. The van der Waals surface area contributed by atoms with E-state index in [9.17, 15) is 0 Å². The molecule has 80 valence electrons. The highest BCUT2D eigenvalue weighted by Crippen LogP contribution is 2.21. The van der Waals surface area contributed by atoms with Gasteiger partial charge in [-0.2, -0.15) is 0 Å². The van der Waals surface area contributed by atoms with Gasteiger partial charge in [-0.05, 0) is 24.6 Å². The van der Waals surface area contributed by atoms with Crippen LogP contribution in [0.5, 0.6) is 0 Å². The van der Waals surface area contributed by atoms with Crippen LogP contribution in [-0.4, -0.2) is 9.38 Å². The summed E-state index contributed by atoms with van der Waals surface area (Å²) in [5.74, 6) is 0.978. The van der Waals surface area contributed by atoms with Crippen molar-refractivity contribution in [2.24, 2.45) is 5.73 Å². The second-order valence-electron chi connectivity index (χ2n) is 3.68. The molecule has 0 radical (unpaired) electrons. The standard InChI is InChI=1S/C11H14ClN3/c1-3-10-14-11(12)9-6-8(7(2)13)4-5-15(9)10/h4-7H,3,13H2,1-2H3. The summed E-state index contributed by atoms with van der Waals surface area (Å²) in [5, 5.41) is 0.550. The molecule has 1 unspecified atom stereocenters. The Bertz CT molecular complexity index is 488. The maximum absolute atomic E-state index is 6.06. The lowest BCUT2D eigenvalue weighted by Gasteiger charge is -2.06. The van der Waals surface area contributed by atoms with E-state index in [0.717, 1.165) is 23.3 Å². The molecule has 0 saturated carbocycles. The number of pyridine rings is 1. The fraction of sp³-hybridized carbons (Fsp3) is 0.364. The van der Waals surface area contributed by atoms with E-state index in [1.165, 1.54) is 0 Å². The summed E-state index contributed by atoms with van der Waals surface area (Å²) >= 11 is 6.06. The minimum atomic E-state index is 0.0195. The molecule has 2 aromatic heterocycles. The first-order valence-corrected chi connectivity index (χ1v) is 5.43. The van der Waals surface area contributed by atoms with Gasteiger partial charge in [0.05, 0.1) is 5.52 Å². The van der Waals surface area contributed by atoms with Crippen LogP contribution in [0.2, 0.25) is 5.15 Å². The second kappa shape index (κ2) is 3.83. The highest BCUT2D eigenvalue weighted by atomic mass is 35.5. The molecule has 4 heteroatoms. The molecule has 15 heavy (non-hydrogen) atoms. The van der Waals surface area contributed by atoms with Crippen LogP contribution in [0.1, 0.15) is 31.3 Å². The number of aryl methyl sites for hydroxylation is 1. The third-order valence-electron chi connectivity index (χ3n) is 2.54. The predicted molar refractivity (Wildman–Crippen MR) is 62.2 cm³/mol. The molecule has 0 amide bonds. The number of hydrogen-bond acceptors (Lipinski definition) is 2. The van der Waals surface area contributed by atoms with Gasteiger partial charge in [-0.25, -0.2) is 4.98 Å². The molecule has 0 fully saturated rings. The Morgan fingerprint density at radius 2 is 2.33 bits per heavy atom. The Morgan fingerprint density at radius 1 is 1.60 bits per heavy atom. The summed E-state index contributed by atoms with van der Waals surface area (Å²) in [6.45, 7) is 4.02. The van der Waals surface area contributed by atoms with E-state index in [1.807, 2.05) is 29.7 Å². The Hall–Kier alpha value is -1.06. The van der Waals surface area contributed by atoms with E-state index < -0.39 is 0 Å². The molecule has 2 rings (SSSR count). The van der Waals surface area contributed by atoms with Gasteiger partial charge < -0.3 is 10.1 Å². The van der Waals surface area contributed by atoms with Crippen LogP contribution in [0.25, 0.3) is 5.52 Å². The third kappa shape index (κ3) is 1.73. The number of fused-ring (bicyclic) bond motifs is 1. The van der Waals surface area contributed by atoms with Crippen LogP contribution in [0.4, 0.5) is 0 Å². The molecule has 2 heterocycles. The van der Waals surface area contributed by atoms with Crippen LogP contribution in [0, 0.1) is 0 Å². The number of rotatable bonds is 2. The van der Waals surface area contributed by atoms with Crippen molar-refractivity contribution in [2.75, 3.05) is 0 Å². The monoisotopic (exact) mass is 223 g/mol. The summed E-state index contributed by atoms with van der Waals surface area (Å²) in [4.78, 5) is 4.30. The maximum atomic E-state index is 6.06. The summed E-state index contributed by atoms with van der Waals surface area (Å²) in [7, 11) is 0. The van der Waals surface area contributed by atoms with E-state index in [1.54, 1.807) is 0 Å². The largest absolute Gasteiger partial charge is 0.324 e. The molecule has 0 aliphatic heterocycles. The first-order chi connectivity index (χ1) is 7.13. The maximum Gasteiger partial charge on any atom is 0.155 e. The highest BCUT2D eigenvalue weighted by molar-refractivity contribution is 6.32. The molecule has 0 aliphatic carbocycles. The first kappa shape index (κ1) is 10.5. The van der Waals surface area contributed by atoms with Crippen molar-refractivity contribution < 1.29 is 0 Å². The van der Waals surface area contributed by atoms with Crippen molar-refractivity contribution >= 4 is 17.1 Å². The van der Waals surface area contributed by atoms with Gasteiger partial charge in [-0.3, -0.25) is 0 Å². The average Bonchev–Trinajstić information content (AvgIpc) is 2.55. The van der Waals surface area contributed by atoms with Gasteiger partial charge >= 0.3 is 0 Å². The predicted octanol–water partition coefficient (Wildman–Crippen LogP) is 2.57. The number of hydrogen-bond donors (Lipinski definition) is 1. The molecule has 2 N–H and O–H groups in total. The van der Waals surface area contributed by atoms with Crippen LogP contribution >= 0.6 is 11.6 Å². The normalized spacial score (nSPS) is 13.3. The van der Waals surface area contributed by atoms with Crippen LogP contribution < -0.4 is 5.73 Å². The van der Waals surface area contributed by atoms with E-state index in [4.69, 9.17) is 17.3 Å². The van der Waals surface area contributed by atoms with E-state index in [-0.39, 0.29) is 6.04 Å². The van der Waals surface area contributed by atoms with Gasteiger partial charge in [0.25, 0.3) is 0 Å². The van der Waals surface area contributed by atoms with Gasteiger partial charge in [-0.15, -0.1) is 0 Å². The van der Waals surface area contributed by atoms with Crippen molar-refractivity contribution in [1.29, 1.82) is 0 Å². The van der Waals surface area contributed by atoms with Crippen molar-refractivity contribution in [3.8, 4) is 0 Å². The number of aromatic nitrogens is 2. The zero-order chi connectivity index (χ0) is 11.0. The lowest BCUT2D eigenvalue weighted by molar-refractivity contribution is 0.814. The van der Waals surface area contributed by atoms with E-state index >= 15 is 0 Å². The van der Waals surface area contributed by atoms with E-state index in [0.29, 0.717) is 5.15 Å². The fourth-order valence-corrected chi connectivity index (χ4v) is 1.90. The molecule has 0 spiro atoms. The fourth-order valence-electron chi connectivity index (χ4n) is 1.66. The zero-order valence-corrected chi connectivity index (χ0v) is 9.62. The SMILES string of the molecule is CCc1nc(Cl)c2cc(C(C)N)ccn12. The lowest BCUT2D eigenvalue weighted by atomic mass is 10.1. The molecule has 0 saturated heterocycles. The van der Waals surface area contributed by atoms with Gasteiger partial charge in [0, 0.05) is 18.7 Å². The molecule has 0 aliphatic rings. The Kier molecular flexibility index (Phi) is 2.67. The summed E-state index contributed by atoms with van der Waals surface area (Å²) in [6.07, 6.45) is 2.84. The van der Waals surface area contributed by atoms with Gasteiger partial charge in [0.1, 0.15) is 5.82 Å². The Morgan fingerprint density at radius 3 is 2.93 bits per heavy atom. The summed E-state index contributed by atoms with van der Waals surface area (Å²) in [5.41, 5.74) is 7.83. The number of nitrogens with zero attached hydrogens (tertiary/aromatic N) is 2. The van der Waals surface area contributed by atoms with Gasteiger partial charge in [0.2, 0.25) is 0 Å². The molecule has 2 aromatic rings. The third-order valence-corrected chi connectivity index (χ3v) is 2.82. The number of imidazole rings is 1. The van der Waals surface area contributed by atoms with Gasteiger partial charge in [0.15, 0.2) is 5.15 Å². The molecular formula is C11H14ClN3. The molecule has 0 aromatic carbocycles. The first-order valence-electron chi connectivity index (χ1n) is 5.05. The smallest absolute Gasteiger partial charge is 0.155 e. The quantitative estimate of drug-likeness (QED) is 0.851. The number of halogens is 1. The van der Waals surface area contributed by atoms with Crippen LogP contribution in [0.3, 0.4) is 0 Å². The topological polar surface area (TPSA) is 43.3 Å². The Labute approximate surface area is 93.9 Å². The summed E-state index contributed by atoms with van der Waals surface area (Å²) < 4.78 is 2.01. The lowest BCUT2D eigenvalue weighted by Crippen LogP contribution is -2.05. The highest BCUT2D eigenvalue weighted by Gasteiger charge is 2.09. The minimum absolute atomic E-state index is 0.0195. The summed E-state index contributed by atoms with van der Waals surface area (Å²) in [6, 6.07) is 4.03. The number of nitrogens with two attached hydrogens (primary N) is 1.